The number of phenols is 1. The summed E-state index contributed by atoms with van der Waals surface area (Å²) in [6, 6.07) is 4.84. The smallest absolute Gasteiger partial charge is 0.319 e. The standard InChI is InChI=1S/C28H28ClF4N5O3/c1-2-21(40)37-10-12-38(13-11-37)26-17-15-18(29)22(23-19(30)5-3-6-20(23)39)24(31)25(17)34-27(35-26)41-14-4-8-36-9-7-28(32,33)16-36/h2-3,5-6,15,39H,1,4,7-14,16H2. The number of nitrogens with zero attached hydrogens (tertiary/aromatic N) is 5. The highest BCUT2D eigenvalue weighted by Crippen LogP contribution is 2.42. The second-order valence-corrected chi connectivity index (χ2v) is 10.4. The van der Waals surface area contributed by atoms with Gasteiger partial charge >= 0.3 is 6.01 Å². The van der Waals surface area contributed by atoms with Crippen molar-refractivity contribution in [3.05, 3.63) is 53.6 Å². The van der Waals surface area contributed by atoms with Gasteiger partial charge in [0.15, 0.2) is 5.82 Å². The van der Waals surface area contributed by atoms with Gasteiger partial charge in [-0.1, -0.05) is 24.2 Å². The molecule has 1 amide bonds. The first kappa shape index (κ1) is 28.9. The molecule has 218 valence electrons. The maximum absolute atomic E-state index is 16.1. The fourth-order valence-corrected chi connectivity index (χ4v) is 5.46. The predicted octanol–water partition coefficient (Wildman–Crippen LogP) is 4.88. The third-order valence-electron chi connectivity index (χ3n) is 7.25. The molecular weight excluding hydrogens is 566 g/mol. The van der Waals surface area contributed by atoms with E-state index in [1.165, 1.54) is 24.3 Å². The molecule has 5 rings (SSSR count). The maximum atomic E-state index is 16.1. The number of likely N-dealkylation sites (tertiary alicyclic amines) is 1. The minimum absolute atomic E-state index is 0.0881. The number of carbonyl (C=O) groups excluding carboxylic acids is 1. The van der Waals surface area contributed by atoms with Crippen LogP contribution in [0.4, 0.5) is 23.4 Å². The topological polar surface area (TPSA) is 82.0 Å². The SMILES string of the molecule is C=CC(=O)N1CCN(c2nc(OCCCN3CCC(F)(F)C3)nc3c(F)c(-c4c(O)cccc4F)c(Cl)cc23)CC1. The molecule has 3 heterocycles. The summed E-state index contributed by atoms with van der Waals surface area (Å²) >= 11 is 6.46. The van der Waals surface area contributed by atoms with E-state index in [1.54, 1.807) is 9.80 Å². The van der Waals surface area contributed by atoms with Gasteiger partial charge in [-0.25, -0.2) is 17.6 Å². The average Bonchev–Trinajstić information content (AvgIpc) is 3.30. The highest BCUT2D eigenvalue weighted by Gasteiger charge is 2.37. The molecule has 0 bridgehead atoms. The monoisotopic (exact) mass is 593 g/mol. The summed E-state index contributed by atoms with van der Waals surface area (Å²) in [5, 5.41) is 10.4. The van der Waals surface area contributed by atoms with Crippen molar-refractivity contribution in [2.45, 2.75) is 18.8 Å². The zero-order chi connectivity index (χ0) is 29.3. The van der Waals surface area contributed by atoms with Crippen LogP contribution in [0, 0.1) is 11.6 Å². The number of aromatic hydroxyl groups is 1. The number of fused-ring (bicyclic) bond motifs is 1. The van der Waals surface area contributed by atoms with E-state index in [2.05, 4.69) is 16.5 Å². The van der Waals surface area contributed by atoms with E-state index in [1.807, 2.05) is 4.90 Å². The van der Waals surface area contributed by atoms with Crippen molar-refractivity contribution in [1.82, 2.24) is 19.8 Å². The fourth-order valence-electron chi connectivity index (χ4n) is 5.17. The van der Waals surface area contributed by atoms with Crippen LogP contribution in [-0.2, 0) is 4.79 Å². The lowest BCUT2D eigenvalue weighted by atomic mass is 10.0. The van der Waals surface area contributed by atoms with Gasteiger partial charge in [-0.05, 0) is 30.7 Å². The highest BCUT2D eigenvalue weighted by atomic mass is 35.5. The summed E-state index contributed by atoms with van der Waals surface area (Å²) in [7, 11) is 0. The Labute approximate surface area is 238 Å². The number of phenolic OH excluding ortho intramolecular Hbond substituents is 1. The van der Waals surface area contributed by atoms with Crippen LogP contribution in [0.2, 0.25) is 5.02 Å². The van der Waals surface area contributed by atoms with Crippen molar-refractivity contribution in [1.29, 1.82) is 0 Å². The number of piperazine rings is 1. The molecule has 0 unspecified atom stereocenters. The molecule has 2 aromatic carbocycles. The number of aromatic nitrogens is 2. The normalized spacial score (nSPS) is 17.3. The van der Waals surface area contributed by atoms with E-state index in [4.69, 9.17) is 16.3 Å². The lowest BCUT2D eigenvalue weighted by Gasteiger charge is -2.35. The van der Waals surface area contributed by atoms with Crippen LogP contribution < -0.4 is 9.64 Å². The van der Waals surface area contributed by atoms with Crippen molar-refractivity contribution in [3.63, 3.8) is 0 Å². The molecule has 13 heteroatoms. The van der Waals surface area contributed by atoms with Crippen LogP contribution >= 0.6 is 11.6 Å². The first-order chi connectivity index (χ1) is 19.6. The molecule has 2 aliphatic rings. The Morgan fingerprint density at radius 1 is 1.15 bits per heavy atom. The number of carbonyl (C=O) groups is 1. The molecule has 0 atom stereocenters. The zero-order valence-corrected chi connectivity index (χ0v) is 22.8. The Hall–Kier alpha value is -3.64. The third kappa shape index (κ3) is 6.03. The van der Waals surface area contributed by atoms with Crippen molar-refractivity contribution in [3.8, 4) is 22.9 Å². The molecule has 2 aliphatic heterocycles. The first-order valence-electron chi connectivity index (χ1n) is 13.1. The molecule has 8 nitrogen and oxygen atoms in total. The van der Waals surface area contributed by atoms with Gasteiger partial charge in [0.2, 0.25) is 5.91 Å². The van der Waals surface area contributed by atoms with Gasteiger partial charge in [-0.15, -0.1) is 0 Å². The number of amides is 1. The van der Waals surface area contributed by atoms with Crippen LogP contribution in [-0.4, -0.2) is 89.1 Å². The van der Waals surface area contributed by atoms with Crippen LogP contribution in [0.15, 0.2) is 36.9 Å². The molecule has 0 spiro atoms. The van der Waals surface area contributed by atoms with Crippen molar-refractivity contribution in [2.24, 2.45) is 0 Å². The van der Waals surface area contributed by atoms with Crippen molar-refractivity contribution < 1.29 is 32.2 Å². The molecule has 0 aliphatic carbocycles. The molecule has 0 saturated carbocycles. The summed E-state index contributed by atoms with van der Waals surface area (Å²) in [4.78, 5) is 25.9. The number of halogens is 5. The Bertz CT molecular complexity index is 1460. The van der Waals surface area contributed by atoms with Gasteiger partial charge in [0, 0.05) is 56.6 Å². The van der Waals surface area contributed by atoms with E-state index in [0.717, 1.165) is 6.07 Å². The first-order valence-corrected chi connectivity index (χ1v) is 13.5. The van der Waals surface area contributed by atoms with Crippen LogP contribution in [0.25, 0.3) is 22.0 Å². The van der Waals surface area contributed by atoms with Gasteiger partial charge in [0.1, 0.15) is 22.9 Å². The number of hydrogen-bond donors (Lipinski definition) is 1. The van der Waals surface area contributed by atoms with Crippen LogP contribution in [0.5, 0.6) is 11.8 Å². The van der Waals surface area contributed by atoms with Gasteiger partial charge < -0.3 is 19.6 Å². The lowest BCUT2D eigenvalue weighted by Crippen LogP contribution is -2.48. The molecule has 41 heavy (non-hydrogen) atoms. The van der Waals surface area contributed by atoms with E-state index in [0.29, 0.717) is 51.5 Å². The van der Waals surface area contributed by atoms with Crippen LogP contribution in [0.3, 0.4) is 0 Å². The number of alkyl halides is 2. The molecule has 3 aromatic rings. The Balaban J connectivity index is 1.48. The quantitative estimate of drug-likeness (QED) is 0.227. The summed E-state index contributed by atoms with van der Waals surface area (Å²) in [6.07, 6.45) is 1.46. The number of benzene rings is 2. The number of ether oxygens (including phenoxy) is 1. The second kappa shape index (κ2) is 11.7. The molecule has 2 saturated heterocycles. The van der Waals surface area contributed by atoms with Gasteiger partial charge in [-0.3, -0.25) is 9.69 Å². The summed E-state index contributed by atoms with van der Waals surface area (Å²) in [5.41, 5.74) is -0.962. The van der Waals surface area contributed by atoms with Crippen molar-refractivity contribution >= 4 is 34.2 Å². The van der Waals surface area contributed by atoms with E-state index in [9.17, 15) is 23.1 Å². The number of rotatable bonds is 8. The van der Waals surface area contributed by atoms with Gasteiger partial charge in [-0.2, -0.15) is 9.97 Å². The van der Waals surface area contributed by atoms with Crippen LogP contribution in [0.1, 0.15) is 12.8 Å². The molecule has 1 aromatic heterocycles. The van der Waals surface area contributed by atoms with E-state index in [-0.39, 0.29) is 53.0 Å². The molecule has 2 fully saturated rings. The molecule has 1 N–H and O–H groups in total. The minimum Gasteiger partial charge on any atom is -0.507 e. The van der Waals surface area contributed by atoms with E-state index < -0.39 is 28.9 Å². The van der Waals surface area contributed by atoms with E-state index >= 15 is 4.39 Å². The predicted molar refractivity (Wildman–Crippen MR) is 147 cm³/mol. The lowest BCUT2D eigenvalue weighted by molar-refractivity contribution is -0.126. The fraction of sp³-hybridized carbons (Fsp3) is 0.393. The minimum atomic E-state index is -2.69. The summed E-state index contributed by atoms with van der Waals surface area (Å²) in [6.45, 7) is 5.44. The largest absolute Gasteiger partial charge is 0.507 e. The number of anilines is 1. The highest BCUT2D eigenvalue weighted by molar-refractivity contribution is 6.34. The summed E-state index contributed by atoms with van der Waals surface area (Å²) in [5.74, 6) is -4.93. The molecular formula is C28H28ClF4N5O3. The zero-order valence-electron chi connectivity index (χ0n) is 22.1. The maximum Gasteiger partial charge on any atom is 0.319 e. The van der Waals surface area contributed by atoms with Gasteiger partial charge in [0.25, 0.3) is 5.92 Å². The Kier molecular flexibility index (Phi) is 8.23. The summed E-state index contributed by atoms with van der Waals surface area (Å²) < 4.78 is 63.6. The second-order valence-electron chi connectivity index (χ2n) is 10.0. The molecule has 0 radical (unpaired) electrons. The number of hydrogen-bond acceptors (Lipinski definition) is 7. The average molecular weight is 594 g/mol. The third-order valence-corrected chi connectivity index (χ3v) is 7.55. The van der Waals surface area contributed by atoms with Crippen molar-refractivity contribution in [2.75, 3.05) is 57.3 Å². The Morgan fingerprint density at radius 2 is 1.90 bits per heavy atom. The van der Waals surface area contributed by atoms with Gasteiger partial charge in [0.05, 0.1) is 23.7 Å². The Morgan fingerprint density at radius 3 is 2.56 bits per heavy atom.